The van der Waals surface area contributed by atoms with Crippen LogP contribution in [0.4, 0.5) is 0 Å². The van der Waals surface area contributed by atoms with Crippen molar-refractivity contribution in [3.8, 4) is 0 Å². The summed E-state index contributed by atoms with van der Waals surface area (Å²) in [6.07, 6.45) is 1.38. The zero-order chi connectivity index (χ0) is 9.10. The van der Waals surface area contributed by atoms with Crippen LogP contribution < -0.4 is 0 Å². The second kappa shape index (κ2) is 4.40. The highest BCUT2D eigenvalue weighted by Crippen LogP contribution is 2.16. The normalized spacial score (nSPS) is 32.5. The summed E-state index contributed by atoms with van der Waals surface area (Å²) in [5.41, 5.74) is 0. The van der Waals surface area contributed by atoms with Crippen LogP contribution in [0.1, 0.15) is 6.42 Å². The van der Waals surface area contributed by atoms with Crippen molar-refractivity contribution < 1.29 is 4.74 Å². The number of hydrogen-bond donors (Lipinski definition) is 0. The van der Waals surface area contributed by atoms with Crippen LogP contribution in [0.3, 0.4) is 0 Å². The quantitative estimate of drug-likeness (QED) is 0.612. The Kier molecular flexibility index (Phi) is 3.19. The molecule has 0 aliphatic carbocycles. The van der Waals surface area contributed by atoms with E-state index in [1.165, 1.54) is 26.1 Å². The lowest BCUT2D eigenvalue weighted by Crippen LogP contribution is -2.39. The van der Waals surface area contributed by atoms with Gasteiger partial charge >= 0.3 is 0 Å². The Balaban J connectivity index is 1.71. The van der Waals surface area contributed by atoms with Crippen molar-refractivity contribution in [2.24, 2.45) is 5.92 Å². The number of likely N-dealkylation sites (tertiary alicyclic amines) is 1. The summed E-state index contributed by atoms with van der Waals surface area (Å²) < 4.78 is 5.33. The third-order valence-corrected chi connectivity index (χ3v) is 3.11. The van der Waals surface area contributed by atoms with Crippen LogP contribution in [-0.4, -0.2) is 62.8 Å². The minimum absolute atomic E-state index is 0.906. The van der Waals surface area contributed by atoms with Gasteiger partial charge in [0.05, 0.1) is 13.2 Å². The van der Waals surface area contributed by atoms with Crippen LogP contribution in [0.25, 0.3) is 0 Å². The molecule has 0 aromatic carbocycles. The molecule has 3 nitrogen and oxygen atoms in total. The van der Waals surface area contributed by atoms with E-state index in [0.29, 0.717) is 0 Å². The second-order valence-corrected chi connectivity index (χ2v) is 4.33. The minimum Gasteiger partial charge on any atom is -0.379 e. The first-order valence-corrected chi connectivity index (χ1v) is 5.33. The average molecular weight is 184 g/mol. The average Bonchev–Trinajstić information content (AvgIpc) is 2.53. The molecule has 2 aliphatic heterocycles. The highest BCUT2D eigenvalue weighted by molar-refractivity contribution is 4.76. The van der Waals surface area contributed by atoms with Crippen LogP contribution in [0.15, 0.2) is 0 Å². The van der Waals surface area contributed by atoms with Crippen LogP contribution in [0.2, 0.25) is 0 Å². The van der Waals surface area contributed by atoms with Crippen molar-refractivity contribution in [1.82, 2.24) is 9.80 Å². The molecule has 0 aromatic rings. The Bertz CT molecular complexity index is 154. The Labute approximate surface area is 80.6 Å². The number of hydrogen-bond acceptors (Lipinski definition) is 3. The van der Waals surface area contributed by atoms with Gasteiger partial charge in [-0.2, -0.15) is 0 Å². The third-order valence-electron chi connectivity index (χ3n) is 3.11. The first kappa shape index (κ1) is 9.44. The lowest BCUT2D eigenvalue weighted by atomic mass is 10.1. The molecule has 1 atom stereocenters. The molecule has 0 amide bonds. The summed E-state index contributed by atoms with van der Waals surface area (Å²) in [7, 11) is 2.22. The van der Waals surface area contributed by atoms with E-state index in [4.69, 9.17) is 4.74 Å². The summed E-state index contributed by atoms with van der Waals surface area (Å²) in [6, 6.07) is 0. The van der Waals surface area contributed by atoms with Gasteiger partial charge in [-0.15, -0.1) is 0 Å². The lowest BCUT2D eigenvalue weighted by Gasteiger charge is -2.28. The molecule has 2 aliphatic rings. The highest BCUT2D eigenvalue weighted by atomic mass is 16.5. The van der Waals surface area contributed by atoms with E-state index in [0.717, 1.165) is 32.2 Å². The van der Waals surface area contributed by atoms with Crippen LogP contribution in [0, 0.1) is 5.92 Å². The van der Waals surface area contributed by atoms with Gasteiger partial charge in [-0.25, -0.2) is 0 Å². The molecule has 3 heteroatoms. The van der Waals surface area contributed by atoms with E-state index in [9.17, 15) is 0 Å². The molecule has 13 heavy (non-hydrogen) atoms. The summed E-state index contributed by atoms with van der Waals surface area (Å²) in [5.74, 6) is 0.906. The third kappa shape index (κ3) is 2.66. The van der Waals surface area contributed by atoms with Crippen molar-refractivity contribution in [2.75, 3.05) is 53.0 Å². The highest BCUT2D eigenvalue weighted by Gasteiger charge is 2.22. The first-order valence-electron chi connectivity index (χ1n) is 5.33. The van der Waals surface area contributed by atoms with E-state index in [1.807, 2.05) is 0 Å². The van der Waals surface area contributed by atoms with E-state index >= 15 is 0 Å². The predicted octanol–water partition coefficient (Wildman–Crippen LogP) is 0.270. The van der Waals surface area contributed by atoms with Crippen molar-refractivity contribution in [1.29, 1.82) is 0 Å². The SMILES string of the molecule is CN1CCC(CN2CCOCC2)C1. The van der Waals surface area contributed by atoms with Gasteiger partial charge in [0.25, 0.3) is 0 Å². The molecule has 2 rings (SSSR count). The Morgan fingerprint density at radius 1 is 1.23 bits per heavy atom. The van der Waals surface area contributed by atoms with E-state index in [1.54, 1.807) is 0 Å². The van der Waals surface area contributed by atoms with Gasteiger partial charge in [-0.3, -0.25) is 4.90 Å². The molecule has 1 unspecified atom stereocenters. The molecule has 0 bridgehead atoms. The number of nitrogens with zero attached hydrogens (tertiary/aromatic N) is 2. The largest absolute Gasteiger partial charge is 0.379 e. The molecular weight excluding hydrogens is 164 g/mol. The van der Waals surface area contributed by atoms with Crippen LogP contribution in [0.5, 0.6) is 0 Å². The summed E-state index contributed by atoms with van der Waals surface area (Å²) in [5, 5.41) is 0. The Morgan fingerprint density at radius 3 is 2.62 bits per heavy atom. The standard InChI is InChI=1S/C10H20N2O/c1-11-3-2-10(8-11)9-12-4-6-13-7-5-12/h10H,2-9H2,1H3. The maximum atomic E-state index is 5.33. The van der Waals surface area contributed by atoms with Gasteiger partial charge in [-0.1, -0.05) is 0 Å². The maximum absolute atomic E-state index is 5.33. The van der Waals surface area contributed by atoms with Gasteiger partial charge in [0.2, 0.25) is 0 Å². The topological polar surface area (TPSA) is 15.7 Å². The minimum atomic E-state index is 0.906. The van der Waals surface area contributed by atoms with Gasteiger partial charge in [0.15, 0.2) is 0 Å². The maximum Gasteiger partial charge on any atom is 0.0594 e. The van der Waals surface area contributed by atoms with Gasteiger partial charge in [-0.05, 0) is 25.9 Å². The van der Waals surface area contributed by atoms with Crippen molar-refractivity contribution in [3.05, 3.63) is 0 Å². The number of ether oxygens (including phenoxy) is 1. The Morgan fingerprint density at radius 2 is 2.00 bits per heavy atom. The lowest BCUT2D eigenvalue weighted by molar-refractivity contribution is 0.0313. The molecule has 0 saturated carbocycles. The molecule has 2 fully saturated rings. The molecule has 0 aromatic heterocycles. The number of rotatable bonds is 2. The van der Waals surface area contributed by atoms with Gasteiger partial charge in [0.1, 0.15) is 0 Å². The van der Waals surface area contributed by atoms with E-state index in [-0.39, 0.29) is 0 Å². The molecule has 2 saturated heterocycles. The van der Waals surface area contributed by atoms with E-state index < -0.39 is 0 Å². The molecule has 0 N–H and O–H groups in total. The molecule has 76 valence electrons. The van der Waals surface area contributed by atoms with Gasteiger partial charge < -0.3 is 9.64 Å². The second-order valence-electron chi connectivity index (χ2n) is 4.33. The predicted molar refractivity (Wildman–Crippen MR) is 52.9 cm³/mol. The monoisotopic (exact) mass is 184 g/mol. The molecule has 0 radical (unpaired) electrons. The molecule has 2 heterocycles. The first-order chi connectivity index (χ1) is 6.34. The fraction of sp³-hybridized carbons (Fsp3) is 1.00. The fourth-order valence-electron chi connectivity index (χ4n) is 2.32. The molecule has 0 spiro atoms. The van der Waals surface area contributed by atoms with Crippen molar-refractivity contribution in [2.45, 2.75) is 6.42 Å². The van der Waals surface area contributed by atoms with Crippen molar-refractivity contribution >= 4 is 0 Å². The smallest absolute Gasteiger partial charge is 0.0594 e. The zero-order valence-corrected chi connectivity index (χ0v) is 8.54. The summed E-state index contributed by atoms with van der Waals surface area (Å²) >= 11 is 0. The summed E-state index contributed by atoms with van der Waals surface area (Å²) in [6.45, 7) is 8.01. The molecular formula is C10H20N2O. The van der Waals surface area contributed by atoms with Crippen LogP contribution in [-0.2, 0) is 4.74 Å². The fourth-order valence-corrected chi connectivity index (χ4v) is 2.32. The van der Waals surface area contributed by atoms with Gasteiger partial charge in [0, 0.05) is 26.2 Å². The summed E-state index contributed by atoms with van der Waals surface area (Å²) in [4.78, 5) is 4.98. The Hall–Kier alpha value is -0.120. The van der Waals surface area contributed by atoms with Crippen molar-refractivity contribution in [3.63, 3.8) is 0 Å². The zero-order valence-electron chi connectivity index (χ0n) is 8.54. The van der Waals surface area contributed by atoms with E-state index in [2.05, 4.69) is 16.8 Å². The number of morpholine rings is 1. The van der Waals surface area contributed by atoms with Crippen LogP contribution >= 0.6 is 0 Å².